The normalized spacial score (nSPS) is 16.4. The Morgan fingerprint density at radius 2 is 2.13 bits per heavy atom. The average molecular weight is 430 g/mol. The van der Waals surface area contributed by atoms with Gasteiger partial charge in [0.05, 0.1) is 0 Å². The molecule has 4 nitrogen and oxygen atoms in total. The first kappa shape index (κ1) is 20.2. The molecule has 0 aromatic carbocycles. The largest absolute Gasteiger partial charge is 0.356 e. The zero-order chi connectivity index (χ0) is 15.8. The zero-order valence-corrected chi connectivity index (χ0v) is 17.0. The molecule has 1 aliphatic rings. The first-order chi connectivity index (χ1) is 10.6. The van der Waals surface area contributed by atoms with Crippen molar-refractivity contribution in [2.45, 2.75) is 46.0 Å². The summed E-state index contributed by atoms with van der Waals surface area (Å²) in [5.41, 5.74) is 1.75. The maximum absolute atomic E-state index is 4.34. The van der Waals surface area contributed by atoms with Crippen LogP contribution in [-0.4, -0.2) is 31.1 Å². The van der Waals surface area contributed by atoms with Crippen molar-refractivity contribution in [3.63, 3.8) is 0 Å². The van der Waals surface area contributed by atoms with Crippen molar-refractivity contribution in [2.75, 3.05) is 20.1 Å². The number of guanidine groups is 1. The number of pyridine rings is 1. The number of hydrogen-bond donors (Lipinski definition) is 2. The van der Waals surface area contributed by atoms with Crippen LogP contribution >= 0.6 is 24.0 Å². The van der Waals surface area contributed by atoms with E-state index < -0.39 is 0 Å². The van der Waals surface area contributed by atoms with Gasteiger partial charge in [0, 0.05) is 32.5 Å². The van der Waals surface area contributed by atoms with Gasteiger partial charge in [-0.2, -0.15) is 0 Å². The molecule has 0 radical (unpaired) electrons. The summed E-state index contributed by atoms with van der Waals surface area (Å²) >= 11 is 0. The lowest BCUT2D eigenvalue weighted by atomic mass is 9.64. The number of aliphatic imine (C=N–C) groups is 1. The maximum Gasteiger partial charge on any atom is 0.191 e. The Balaban J connectivity index is 0.00000264. The van der Waals surface area contributed by atoms with Crippen LogP contribution in [0.5, 0.6) is 0 Å². The Kier molecular flexibility index (Phi) is 8.87. The summed E-state index contributed by atoms with van der Waals surface area (Å²) in [6.45, 7) is 6.56. The van der Waals surface area contributed by atoms with Crippen molar-refractivity contribution in [2.24, 2.45) is 16.3 Å². The fourth-order valence-electron chi connectivity index (χ4n) is 3.36. The van der Waals surface area contributed by atoms with Gasteiger partial charge in [0.2, 0.25) is 0 Å². The van der Waals surface area contributed by atoms with Gasteiger partial charge in [-0.1, -0.05) is 26.3 Å². The lowest BCUT2D eigenvalue weighted by Gasteiger charge is -2.43. The summed E-state index contributed by atoms with van der Waals surface area (Å²) < 4.78 is 0. The van der Waals surface area contributed by atoms with Crippen molar-refractivity contribution in [3.8, 4) is 0 Å². The topological polar surface area (TPSA) is 49.3 Å². The third kappa shape index (κ3) is 6.65. The Morgan fingerprint density at radius 3 is 2.65 bits per heavy atom. The third-order valence-electron chi connectivity index (χ3n) is 4.54. The molecule has 1 fully saturated rings. The standard InChI is InChI=1S/C18H30N4.HI/c1-15(2)12-18(8-5-9-18)14-22-17(19-3)21-11-7-16-6-4-10-20-13-16;/h4,6,10,13,15H,5,7-9,11-12,14H2,1-3H3,(H2,19,21,22);1H. The minimum Gasteiger partial charge on any atom is -0.356 e. The molecule has 0 saturated heterocycles. The molecule has 130 valence electrons. The van der Waals surface area contributed by atoms with E-state index in [1.54, 1.807) is 0 Å². The Morgan fingerprint density at radius 1 is 1.35 bits per heavy atom. The molecule has 2 N–H and O–H groups in total. The average Bonchev–Trinajstić information content (AvgIpc) is 2.48. The van der Waals surface area contributed by atoms with Crippen LogP contribution in [-0.2, 0) is 6.42 Å². The second kappa shape index (κ2) is 10.1. The molecule has 0 bridgehead atoms. The number of rotatable bonds is 7. The predicted molar refractivity (Wildman–Crippen MR) is 108 cm³/mol. The number of nitrogens with one attached hydrogen (secondary N) is 2. The monoisotopic (exact) mass is 430 g/mol. The molecule has 0 spiro atoms. The summed E-state index contributed by atoms with van der Waals surface area (Å²) in [6.07, 6.45) is 10.1. The van der Waals surface area contributed by atoms with Crippen molar-refractivity contribution >= 4 is 29.9 Å². The molecule has 1 aromatic rings. The van der Waals surface area contributed by atoms with E-state index in [0.29, 0.717) is 5.41 Å². The van der Waals surface area contributed by atoms with Gasteiger partial charge < -0.3 is 10.6 Å². The summed E-state index contributed by atoms with van der Waals surface area (Å²) in [6, 6.07) is 4.09. The van der Waals surface area contributed by atoms with E-state index in [4.69, 9.17) is 0 Å². The second-order valence-corrected chi connectivity index (χ2v) is 6.92. The number of hydrogen-bond acceptors (Lipinski definition) is 2. The van der Waals surface area contributed by atoms with Crippen LogP contribution in [0.2, 0.25) is 0 Å². The molecule has 0 aliphatic heterocycles. The van der Waals surface area contributed by atoms with E-state index in [1.165, 1.54) is 31.2 Å². The van der Waals surface area contributed by atoms with E-state index in [1.807, 2.05) is 25.5 Å². The molecule has 23 heavy (non-hydrogen) atoms. The Bertz CT molecular complexity index is 469. The minimum absolute atomic E-state index is 0. The maximum atomic E-state index is 4.34. The van der Waals surface area contributed by atoms with Crippen LogP contribution < -0.4 is 10.6 Å². The summed E-state index contributed by atoms with van der Waals surface area (Å²) in [7, 11) is 1.84. The van der Waals surface area contributed by atoms with Crippen LogP contribution in [0, 0.1) is 11.3 Å². The lowest BCUT2D eigenvalue weighted by Crippen LogP contribution is -2.47. The van der Waals surface area contributed by atoms with Gasteiger partial charge in [-0.15, -0.1) is 24.0 Å². The van der Waals surface area contributed by atoms with Gasteiger partial charge in [0.1, 0.15) is 0 Å². The molecule has 0 amide bonds. The first-order valence-corrected chi connectivity index (χ1v) is 8.47. The van der Waals surface area contributed by atoms with Gasteiger partial charge >= 0.3 is 0 Å². The Hall–Kier alpha value is -0.850. The van der Waals surface area contributed by atoms with Gasteiger partial charge in [-0.25, -0.2) is 0 Å². The second-order valence-electron chi connectivity index (χ2n) is 6.92. The zero-order valence-electron chi connectivity index (χ0n) is 14.6. The lowest BCUT2D eigenvalue weighted by molar-refractivity contribution is 0.104. The van der Waals surface area contributed by atoms with Gasteiger partial charge in [-0.3, -0.25) is 9.98 Å². The summed E-state index contributed by atoms with van der Waals surface area (Å²) in [5, 5.41) is 6.93. The molecule has 5 heteroatoms. The summed E-state index contributed by atoms with van der Waals surface area (Å²) in [5.74, 6) is 1.68. The van der Waals surface area contributed by atoms with Gasteiger partial charge in [-0.05, 0) is 48.6 Å². The molecule has 1 aromatic heterocycles. The molecule has 1 saturated carbocycles. The SMILES string of the molecule is CN=C(NCCc1cccnc1)NCC1(CC(C)C)CCC1.I. The molecule has 0 unspecified atom stereocenters. The molecular weight excluding hydrogens is 399 g/mol. The highest BCUT2D eigenvalue weighted by Crippen LogP contribution is 2.45. The molecular formula is C18H31IN4. The van der Waals surface area contributed by atoms with Crippen molar-refractivity contribution < 1.29 is 0 Å². The van der Waals surface area contributed by atoms with E-state index in [2.05, 4.69) is 40.5 Å². The van der Waals surface area contributed by atoms with Gasteiger partial charge in [0.15, 0.2) is 5.96 Å². The molecule has 1 heterocycles. The van der Waals surface area contributed by atoms with Crippen LogP contribution in [0.25, 0.3) is 0 Å². The van der Waals surface area contributed by atoms with Gasteiger partial charge in [0.25, 0.3) is 0 Å². The highest BCUT2D eigenvalue weighted by Gasteiger charge is 2.37. The number of aromatic nitrogens is 1. The van der Waals surface area contributed by atoms with Crippen LogP contribution in [0.3, 0.4) is 0 Å². The van der Waals surface area contributed by atoms with E-state index in [9.17, 15) is 0 Å². The highest BCUT2D eigenvalue weighted by molar-refractivity contribution is 14.0. The Labute approximate surface area is 158 Å². The third-order valence-corrected chi connectivity index (χ3v) is 4.54. The van der Waals surface area contributed by atoms with Crippen LogP contribution in [0.15, 0.2) is 29.5 Å². The number of halogens is 1. The number of nitrogens with zero attached hydrogens (tertiary/aromatic N) is 2. The quantitative estimate of drug-likeness (QED) is 0.395. The molecule has 1 aliphatic carbocycles. The van der Waals surface area contributed by atoms with E-state index in [0.717, 1.165) is 31.4 Å². The smallest absolute Gasteiger partial charge is 0.191 e. The van der Waals surface area contributed by atoms with Crippen LogP contribution in [0.4, 0.5) is 0 Å². The fraction of sp³-hybridized carbons (Fsp3) is 0.667. The summed E-state index contributed by atoms with van der Waals surface area (Å²) in [4.78, 5) is 8.48. The predicted octanol–water partition coefficient (Wildman–Crippen LogP) is 3.62. The van der Waals surface area contributed by atoms with Crippen molar-refractivity contribution in [1.29, 1.82) is 0 Å². The minimum atomic E-state index is 0. The van der Waals surface area contributed by atoms with E-state index >= 15 is 0 Å². The molecule has 2 rings (SSSR count). The van der Waals surface area contributed by atoms with Crippen molar-refractivity contribution in [3.05, 3.63) is 30.1 Å². The van der Waals surface area contributed by atoms with Crippen molar-refractivity contribution in [1.82, 2.24) is 15.6 Å². The van der Waals surface area contributed by atoms with E-state index in [-0.39, 0.29) is 24.0 Å². The van der Waals surface area contributed by atoms with Crippen LogP contribution in [0.1, 0.15) is 45.1 Å². The highest BCUT2D eigenvalue weighted by atomic mass is 127. The fourth-order valence-corrected chi connectivity index (χ4v) is 3.36. The molecule has 0 atom stereocenters. The first-order valence-electron chi connectivity index (χ1n) is 8.47.